The molecule has 3 rings (SSSR count). The summed E-state index contributed by atoms with van der Waals surface area (Å²) in [6.07, 6.45) is 0.00987. The Hall–Kier alpha value is -2.07. The molecule has 5 heteroatoms. The van der Waals surface area contributed by atoms with Crippen LogP contribution in [0.25, 0.3) is 0 Å². The third-order valence-electron chi connectivity index (χ3n) is 4.39. The Labute approximate surface area is 146 Å². The van der Waals surface area contributed by atoms with Crippen LogP contribution in [0.5, 0.6) is 0 Å². The van der Waals surface area contributed by atoms with Gasteiger partial charge in [0, 0.05) is 42.5 Å². The average molecular weight is 347 g/mol. The van der Waals surface area contributed by atoms with Crippen molar-refractivity contribution >= 4 is 23.2 Å². The van der Waals surface area contributed by atoms with Crippen LogP contribution in [-0.4, -0.2) is 37.0 Å². The maximum atomic E-state index is 13.8. The third-order valence-corrected chi connectivity index (χ3v) is 4.74. The molecule has 2 aromatic rings. The molecule has 1 aliphatic rings. The predicted molar refractivity (Wildman–Crippen MR) is 95.1 cm³/mol. The lowest BCUT2D eigenvalue weighted by atomic mass is 10.1. The lowest BCUT2D eigenvalue weighted by molar-refractivity contribution is -0.130. The molecule has 0 bridgehead atoms. The van der Waals surface area contributed by atoms with Gasteiger partial charge >= 0.3 is 0 Å². The number of amides is 1. The molecule has 0 spiro atoms. The number of hydrogen-bond acceptors (Lipinski definition) is 2. The van der Waals surface area contributed by atoms with Crippen molar-refractivity contribution in [1.29, 1.82) is 0 Å². The minimum atomic E-state index is -0.422. The van der Waals surface area contributed by atoms with Gasteiger partial charge in [0.15, 0.2) is 0 Å². The second-order valence-corrected chi connectivity index (χ2v) is 6.49. The standard InChI is InChI=1S/C19H20ClFN2O/c1-14-4-2-5-15(12-14)22-8-10-23(11-9-22)19(24)13-16-17(20)6-3-7-18(16)21/h2-7,12H,8-11,13H2,1H3. The molecule has 0 radical (unpaired) electrons. The van der Waals surface area contributed by atoms with Crippen LogP contribution >= 0.6 is 11.6 Å². The van der Waals surface area contributed by atoms with Gasteiger partial charge in [0.2, 0.25) is 5.91 Å². The van der Waals surface area contributed by atoms with Crippen LogP contribution < -0.4 is 4.90 Å². The van der Waals surface area contributed by atoms with Crippen molar-refractivity contribution in [3.63, 3.8) is 0 Å². The third kappa shape index (κ3) is 3.70. The first-order valence-electron chi connectivity index (χ1n) is 8.07. The van der Waals surface area contributed by atoms with Gasteiger partial charge in [0.05, 0.1) is 6.42 Å². The van der Waals surface area contributed by atoms with E-state index in [1.54, 1.807) is 17.0 Å². The molecule has 0 unspecified atom stereocenters. The fourth-order valence-electron chi connectivity index (χ4n) is 3.00. The molecule has 126 valence electrons. The summed E-state index contributed by atoms with van der Waals surface area (Å²) in [6.45, 7) is 4.90. The summed E-state index contributed by atoms with van der Waals surface area (Å²) in [7, 11) is 0. The van der Waals surface area contributed by atoms with E-state index in [4.69, 9.17) is 11.6 Å². The second-order valence-electron chi connectivity index (χ2n) is 6.08. The van der Waals surface area contributed by atoms with E-state index < -0.39 is 5.82 Å². The number of hydrogen-bond donors (Lipinski definition) is 0. The molecule has 0 N–H and O–H groups in total. The number of anilines is 1. The van der Waals surface area contributed by atoms with Gasteiger partial charge in [-0.1, -0.05) is 29.8 Å². The Morgan fingerprint density at radius 1 is 1.12 bits per heavy atom. The molecule has 2 aromatic carbocycles. The summed E-state index contributed by atoms with van der Waals surface area (Å²) < 4.78 is 13.8. The first-order chi connectivity index (χ1) is 11.5. The number of carbonyl (C=O) groups excluding carboxylic acids is 1. The molecule has 3 nitrogen and oxygen atoms in total. The van der Waals surface area contributed by atoms with Crippen molar-refractivity contribution < 1.29 is 9.18 Å². The summed E-state index contributed by atoms with van der Waals surface area (Å²) in [5, 5.41) is 0.307. The second kappa shape index (κ2) is 7.22. The van der Waals surface area contributed by atoms with Gasteiger partial charge in [-0.15, -0.1) is 0 Å². The fraction of sp³-hybridized carbons (Fsp3) is 0.316. The maximum Gasteiger partial charge on any atom is 0.227 e. The highest BCUT2D eigenvalue weighted by Crippen LogP contribution is 2.21. The summed E-state index contributed by atoms with van der Waals surface area (Å²) >= 11 is 6.01. The van der Waals surface area contributed by atoms with Gasteiger partial charge < -0.3 is 9.80 Å². The summed E-state index contributed by atoms with van der Waals surface area (Å²) in [4.78, 5) is 16.5. The van der Waals surface area contributed by atoms with E-state index in [0.29, 0.717) is 18.1 Å². The minimum absolute atomic E-state index is 0.00987. The normalized spacial score (nSPS) is 14.8. The van der Waals surface area contributed by atoms with Crippen LogP contribution in [0.4, 0.5) is 10.1 Å². The molecule has 0 atom stereocenters. The summed E-state index contributed by atoms with van der Waals surface area (Å²) in [6, 6.07) is 12.9. The number of piperazine rings is 1. The van der Waals surface area contributed by atoms with E-state index in [-0.39, 0.29) is 17.9 Å². The quantitative estimate of drug-likeness (QED) is 0.846. The van der Waals surface area contributed by atoms with Crippen molar-refractivity contribution in [2.75, 3.05) is 31.1 Å². The lowest BCUT2D eigenvalue weighted by Gasteiger charge is -2.36. The van der Waals surface area contributed by atoms with Crippen LogP contribution in [0.1, 0.15) is 11.1 Å². The predicted octanol–water partition coefficient (Wildman–Crippen LogP) is 3.68. The van der Waals surface area contributed by atoms with Gasteiger partial charge in [0.1, 0.15) is 5.82 Å². The number of carbonyl (C=O) groups is 1. The Morgan fingerprint density at radius 2 is 1.83 bits per heavy atom. The minimum Gasteiger partial charge on any atom is -0.368 e. The van der Waals surface area contributed by atoms with Crippen molar-refractivity contribution in [2.45, 2.75) is 13.3 Å². The molecule has 0 aliphatic carbocycles. The van der Waals surface area contributed by atoms with Gasteiger partial charge in [-0.3, -0.25) is 4.79 Å². The zero-order valence-corrected chi connectivity index (χ0v) is 14.4. The zero-order valence-electron chi connectivity index (χ0n) is 13.6. The number of rotatable bonds is 3. The van der Waals surface area contributed by atoms with E-state index in [2.05, 4.69) is 30.0 Å². The largest absolute Gasteiger partial charge is 0.368 e. The monoisotopic (exact) mass is 346 g/mol. The Balaban J connectivity index is 1.61. The van der Waals surface area contributed by atoms with Gasteiger partial charge in [-0.05, 0) is 36.8 Å². The number of halogens is 2. The Kier molecular flexibility index (Phi) is 5.05. The fourth-order valence-corrected chi connectivity index (χ4v) is 3.23. The molecule has 1 saturated heterocycles. The molecule has 1 fully saturated rings. The van der Waals surface area contributed by atoms with Crippen LogP contribution in [0.3, 0.4) is 0 Å². The van der Waals surface area contributed by atoms with Crippen LogP contribution in [0, 0.1) is 12.7 Å². The van der Waals surface area contributed by atoms with Crippen molar-refractivity contribution in [1.82, 2.24) is 4.90 Å². The first-order valence-corrected chi connectivity index (χ1v) is 8.44. The zero-order chi connectivity index (χ0) is 17.1. The first kappa shape index (κ1) is 16.8. The molecule has 24 heavy (non-hydrogen) atoms. The molecular weight excluding hydrogens is 327 g/mol. The highest BCUT2D eigenvalue weighted by molar-refractivity contribution is 6.31. The topological polar surface area (TPSA) is 23.6 Å². The van der Waals surface area contributed by atoms with Gasteiger partial charge in [0.25, 0.3) is 0 Å². The van der Waals surface area contributed by atoms with Crippen molar-refractivity contribution in [3.8, 4) is 0 Å². The van der Waals surface area contributed by atoms with E-state index in [1.807, 2.05) is 6.07 Å². The van der Waals surface area contributed by atoms with E-state index in [1.165, 1.54) is 17.3 Å². The van der Waals surface area contributed by atoms with Crippen molar-refractivity contribution in [2.24, 2.45) is 0 Å². The van der Waals surface area contributed by atoms with Crippen LogP contribution in [0.15, 0.2) is 42.5 Å². The highest BCUT2D eigenvalue weighted by atomic mass is 35.5. The summed E-state index contributed by atoms with van der Waals surface area (Å²) in [5.41, 5.74) is 2.68. The maximum absolute atomic E-state index is 13.8. The summed E-state index contributed by atoms with van der Waals surface area (Å²) in [5.74, 6) is -0.500. The molecule has 1 aliphatic heterocycles. The SMILES string of the molecule is Cc1cccc(N2CCN(C(=O)Cc3c(F)cccc3Cl)CC2)c1. The Bertz CT molecular complexity index is 722. The number of aryl methyl sites for hydroxylation is 1. The number of nitrogens with zero attached hydrogens (tertiary/aromatic N) is 2. The van der Waals surface area contributed by atoms with Crippen LogP contribution in [0.2, 0.25) is 5.02 Å². The molecule has 0 aromatic heterocycles. The highest BCUT2D eigenvalue weighted by Gasteiger charge is 2.23. The molecule has 0 saturated carbocycles. The van der Waals surface area contributed by atoms with Gasteiger partial charge in [-0.25, -0.2) is 4.39 Å². The van der Waals surface area contributed by atoms with E-state index in [0.717, 1.165) is 13.1 Å². The number of benzene rings is 2. The average Bonchev–Trinajstić information content (AvgIpc) is 2.58. The van der Waals surface area contributed by atoms with Gasteiger partial charge in [-0.2, -0.15) is 0 Å². The van der Waals surface area contributed by atoms with E-state index >= 15 is 0 Å². The van der Waals surface area contributed by atoms with E-state index in [9.17, 15) is 9.18 Å². The molecular formula is C19H20ClFN2O. The molecule has 1 heterocycles. The van der Waals surface area contributed by atoms with Crippen molar-refractivity contribution in [3.05, 3.63) is 64.4 Å². The Morgan fingerprint density at radius 3 is 2.50 bits per heavy atom. The molecule has 1 amide bonds. The van der Waals surface area contributed by atoms with Crippen LogP contribution in [-0.2, 0) is 11.2 Å². The lowest BCUT2D eigenvalue weighted by Crippen LogP contribution is -2.49. The smallest absolute Gasteiger partial charge is 0.227 e.